The van der Waals surface area contributed by atoms with Crippen molar-refractivity contribution in [1.29, 1.82) is 0 Å². The molecule has 0 saturated carbocycles. The Balaban J connectivity index is 2.11. The molecule has 2 nitrogen and oxygen atoms in total. The molecule has 0 amide bonds. The molecule has 0 fully saturated rings. The monoisotopic (exact) mass is 339 g/mol. The second-order valence-corrected chi connectivity index (χ2v) is 6.80. The maximum absolute atomic E-state index is 5.19. The van der Waals surface area contributed by atoms with E-state index in [4.69, 9.17) is 4.74 Å². The van der Waals surface area contributed by atoms with Crippen LogP contribution in [0.3, 0.4) is 0 Å². The van der Waals surface area contributed by atoms with Crippen LogP contribution in [0.4, 0.5) is 0 Å². The Morgan fingerprint density at radius 3 is 2.47 bits per heavy atom. The van der Waals surface area contributed by atoms with E-state index in [1.165, 1.54) is 14.2 Å². The van der Waals surface area contributed by atoms with Crippen molar-refractivity contribution in [3.05, 3.63) is 50.6 Å². The molecule has 1 aromatic carbocycles. The summed E-state index contributed by atoms with van der Waals surface area (Å²) in [5.41, 5.74) is 1.32. The van der Waals surface area contributed by atoms with E-state index < -0.39 is 0 Å². The lowest BCUT2D eigenvalue weighted by atomic mass is 10.0. The minimum absolute atomic E-state index is 0.370. The number of rotatable bonds is 6. The van der Waals surface area contributed by atoms with E-state index in [2.05, 4.69) is 52.4 Å². The second kappa shape index (κ2) is 7.08. The molecular weight excluding hydrogens is 322 g/mol. The third kappa shape index (κ3) is 4.06. The lowest BCUT2D eigenvalue weighted by Gasteiger charge is -2.16. The minimum Gasteiger partial charge on any atom is -0.497 e. The number of methoxy groups -OCH3 is 1. The Hall–Kier alpha value is -0.840. The summed E-state index contributed by atoms with van der Waals surface area (Å²) in [6, 6.07) is 13.0. The lowest BCUT2D eigenvalue weighted by molar-refractivity contribution is 0.414. The Labute approximate surface area is 126 Å². The Morgan fingerprint density at radius 1 is 1.21 bits per heavy atom. The molecule has 1 atom stereocenters. The van der Waals surface area contributed by atoms with Gasteiger partial charge in [0.15, 0.2) is 0 Å². The first-order valence-corrected chi connectivity index (χ1v) is 7.95. The standard InChI is InChI=1S/C15H18BrNOS/c1-3-17-13(14-8-9-15(16)19-14)10-11-4-6-12(18-2)7-5-11/h4-9,13,17H,3,10H2,1-2H3. The number of likely N-dealkylation sites (N-methyl/N-ethyl adjacent to an activating group) is 1. The number of halogens is 1. The maximum atomic E-state index is 5.19. The molecular formula is C15H18BrNOS. The normalized spacial score (nSPS) is 12.4. The maximum Gasteiger partial charge on any atom is 0.118 e. The number of ether oxygens (including phenoxy) is 1. The zero-order chi connectivity index (χ0) is 13.7. The summed E-state index contributed by atoms with van der Waals surface area (Å²) in [4.78, 5) is 1.37. The van der Waals surface area contributed by atoms with Crippen LogP contribution in [0.5, 0.6) is 5.75 Å². The zero-order valence-corrected chi connectivity index (χ0v) is 13.6. The van der Waals surface area contributed by atoms with Crippen molar-refractivity contribution in [1.82, 2.24) is 5.32 Å². The molecule has 19 heavy (non-hydrogen) atoms. The summed E-state index contributed by atoms with van der Waals surface area (Å²) in [7, 11) is 1.69. The van der Waals surface area contributed by atoms with Crippen molar-refractivity contribution >= 4 is 27.3 Å². The van der Waals surface area contributed by atoms with E-state index in [0.717, 1.165) is 18.7 Å². The molecule has 1 heterocycles. The number of hydrogen-bond donors (Lipinski definition) is 1. The van der Waals surface area contributed by atoms with Gasteiger partial charge in [0.1, 0.15) is 5.75 Å². The molecule has 1 N–H and O–H groups in total. The molecule has 2 rings (SSSR count). The molecule has 1 unspecified atom stereocenters. The van der Waals surface area contributed by atoms with E-state index in [9.17, 15) is 0 Å². The van der Waals surface area contributed by atoms with Crippen molar-refractivity contribution in [2.24, 2.45) is 0 Å². The van der Waals surface area contributed by atoms with Crippen LogP contribution in [0, 0.1) is 0 Å². The van der Waals surface area contributed by atoms with Gasteiger partial charge in [-0.3, -0.25) is 0 Å². The van der Waals surface area contributed by atoms with Gasteiger partial charge in [0.2, 0.25) is 0 Å². The molecule has 1 aromatic heterocycles. The highest BCUT2D eigenvalue weighted by molar-refractivity contribution is 9.11. The van der Waals surface area contributed by atoms with Gasteiger partial charge in [-0.1, -0.05) is 19.1 Å². The zero-order valence-electron chi connectivity index (χ0n) is 11.2. The van der Waals surface area contributed by atoms with Crippen LogP contribution in [0.2, 0.25) is 0 Å². The summed E-state index contributed by atoms with van der Waals surface area (Å²) in [6.07, 6.45) is 0.991. The quantitative estimate of drug-likeness (QED) is 0.841. The summed E-state index contributed by atoms with van der Waals surface area (Å²) < 4.78 is 6.37. The van der Waals surface area contributed by atoms with Crippen LogP contribution in [-0.2, 0) is 6.42 Å². The fourth-order valence-corrected chi connectivity index (χ4v) is 3.53. The Bertz CT molecular complexity index is 509. The highest BCUT2D eigenvalue weighted by atomic mass is 79.9. The summed E-state index contributed by atoms with van der Waals surface area (Å²) >= 11 is 5.32. The highest BCUT2D eigenvalue weighted by Crippen LogP contribution is 2.29. The van der Waals surface area contributed by atoms with Crippen LogP contribution in [-0.4, -0.2) is 13.7 Å². The van der Waals surface area contributed by atoms with Crippen molar-refractivity contribution < 1.29 is 4.74 Å². The number of nitrogens with one attached hydrogen (secondary N) is 1. The molecule has 0 aliphatic rings. The molecule has 102 valence electrons. The van der Waals surface area contributed by atoms with Crippen molar-refractivity contribution in [2.75, 3.05) is 13.7 Å². The number of benzene rings is 1. The van der Waals surface area contributed by atoms with Gasteiger partial charge in [-0.15, -0.1) is 11.3 Å². The first-order chi connectivity index (χ1) is 9.22. The van der Waals surface area contributed by atoms with Gasteiger partial charge in [0.05, 0.1) is 10.9 Å². The van der Waals surface area contributed by atoms with E-state index in [1.807, 2.05) is 12.1 Å². The van der Waals surface area contributed by atoms with Gasteiger partial charge in [0.25, 0.3) is 0 Å². The highest BCUT2D eigenvalue weighted by Gasteiger charge is 2.13. The average molecular weight is 340 g/mol. The van der Waals surface area contributed by atoms with Crippen LogP contribution >= 0.6 is 27.3 Å². The average Bonchev–Trinajstić information content (AvgIpc) is 2.86. The van der Waals surface area contributed by atoms with Gasteiger partial charge in [-0.2, -0.15) is 0 Å². The van der Waals surface area contributed by atoms with Gasteiger partial charge in [-0.05, 0) is 58.7 Å². The fraction of sp³-hybridized carbons (Fsp3) is 0.333. The molecule has 0 bridgehead atoms. The second-order valence-electron chi connectivity index (χ2n) is 4.30. The molecule has 0 aliphatic carbocycles. The van der Waals surface area contributed by atoms with Crippen LogP contribution in [0.15, 0.2) is 40.2 Å². The van der Waals surface area contributed by atoms with Crippen LogP contribution in [0.1, 0.15) is 23.4 Å². The smallest absolute Gasteiger partial charge is 0.118 e. The predicted molar refractivity (Wildman–Crippen MR) is 85.1 cm³/mol. The number of hydrogen-bond acceptors (Lipinski definition) is 3. The molecule has 0 aliphatic heterocycles. The van der Waals surface area contributed by atoms with Crippen LogP contribution < -0.4 is 10.1 Å². The SMILES string of the molecule is CCNC(Cc1ccc(OC)cc1)c1ccc(Br)s1. The largest absolute Gasteiger partial charge is 0.497 e. The van der Waals surface area contributed by atoms with E-state index >= 15 is 0 Å². The van der Waals surface area contributed by atoms with Gasteiger partial charge in [0, 0.05) is 10.9 Å². The molecule has 0 spiro atoms. The molecule has 0 radical (unpaired) electrons. The van der Waals surface area contributed by atoms with Gasteiger partial charge in [-0.25, -0.2) is 0 Å². The van der Waals surface area contributed by atoms with Crippen LogP contribution in [0.25, 0.3) is 0 Å². The van der Waals surface area contributed by atoms with E-state index in [-0.39, 0.29) is 0 Å². The minimum atomic E-state index is 0.370. The first-order valence-electron chi connectivity index (χ1n) is 6.34. The molecule has 2 aromatic rings. The van der Waals surface area contributed by atoms with Crippen molar-refractivity contribution in [2.45, 2.75) is 19.4 Å². The topological polar surface area (TPSA) is 21.3 Å². The van der Waals surface area contributed by atoms with Gasteiger partial charge < -0.3 is 10.1 Å². The third-order valence-corrected chi connectivity index (χ3v) is 4.72. The number of thiophene rings is 1. The first kappa shape index (κ1) is 14.6. The van der Waals surface area contributed by atoms with E-state index in [1.54, 1.807) is 18.4 Å². The fourth-order valence-electron chi connectivity index (χ4n) is 2.03. The van der Waals surface area contributed by atoms with Crippen molar-refractivity contribution in [3.8, 4) is 5.75 Å². The summed E-state index contributed by atoms with van der Waals surface area (Å²) in [5, 5.41) is 3.55. The molecule has 4 heteroatoms. The van der Waals surface area contributed by atoms with Crippen molar-refractivity contribution in [3.63, 3.8) is 0 Å². The summed E-state index contributed by atoms with van der Waals surface area (Å²) in [5.74, 6) is 0.905. The predicted octanol–water partition coefficient (Wildman–Crippen LogP) is 4.41. The summed E-state index contributed by atoms with van der Waals surface area (Å²) in [6.45, 7) is 3.11. The van der Waals surface area contributed by atoms with Gasteiger partial charge >= 0.3 is 0 Å². The Kier molecular flexibility index (Phi) is 5.43. The third-order valence-electron chi connectivity index (χ3n) is 2.99. The Morgan fingerprint density at radius 2 is 1.95 bits per heavy atom. The van der Waals surface area contributed by atoms with E-state index in [0.29, 0.717) is 6.04 Å². The lowest BCUT2D eigenvalue weighted by Crippen LogP contribution is -2.22. The molecule has 0 saturated heterocycles.